The Morgan fingerprint density at radius 1 is 1.43 bits per heavy atom. The molecule has 0 bridgehead atoms. The van der Waals surface area contributed by atoms with Crippen LogP contribution in [-0.4, -0.2) is 11.9 Å². The molecule has 0 aromatic heterocycles. The van der Waals surface area contributed by atoms with Gasteiger partial charge >= 0.3 is 0 Å². The summed E-state index contributed by atoms with van der Waals surface area (Å²) in [6.45, 7) is 1.67. The van der Waals surface area contributed by atoms with Gasteiger partial charge in [0, 0.05) is 5.69 Å². The number of hydrogen-bond acceptors (Lipinski definition) is 2. The SMILES string of the molecule is CC(Nc1ccc(Cl)c(Cl)c1)C(N)=O. The molecule has 1 unspecified atom stereocenters. The Hall–Kier alpha value is -0.930. The van der Waals surface area contributed by atoms with Gasteiger partial charge in [-0.05, 0) is 25.1 Å². The van der Waals surface area contributed by atoms with Crippen LogP contribution < -0.4 is 11.1 Å². The predicted molar refractivity (Wildman–Crippen MR) is 58.7 cm³/mol. The lowest BCUT2D eigenvalue weighted by molar-refractivity contribution is -0.118. The van der Waals surface area contributed by atoms with E-state index >= 15 is 0 Å². The largest absolute Gasteiger partial charge is 0.374 e. The van der Waals surface area contributed by atoms with Crippen LogP contribution in [0.3, 0.4) is 0 Å². The van der Waals surface area contributed by atoms with Crippen molar-refractivity contribution in [3.8, 4) is 0 Å². The van der Waals surface area contributed by atoms with E-state index in [1.165, 1.54) is 0 Å². The molecule has 0 aliphatic heterocycles. The van der Waals surface area contributed by atoms with Gasteiger partial charge in [0.25, 0.3) is 0 Å². The molecule has 5 heteroatoms. The molecule has 76 valence electrons. The van der Waals surface area contributed by atoms with Crippen LogP contribution in [0.25, 0.3) is 0 Å². The fraction of sp³-hybridized carbons (Fsp3) is 0.222. The van der Waals surface area contributed by atoms with Crippen molar-refractivity contribution in [2.45, 2.75) is 13.0 Å². The number of rotatable bonds is 3. The van der Waals surface area contributed by atoms with Crippen molar-refractivity contribution >= 4 is 34.8 Å². The molecular weight excluding hydrogens is 223 g/mol. The van der Waals surface area contributed by atoms with E-state index in [9.17, 15) is 4.79 Å². The maximum Gasteiger partial charge on any atom is 0.239 e. The van der Waals surface area contributed by atoms with Crippen LogP contribution in [0.5, 0.6) is 0 Å². The molecule has 3 nitrogen and oxygen atoms in total. The van der Waals surface area contributed by atoms with Crippen molar-refractivity contribution in [2.75, 3.05) is 5.32 Å². The summed E-state index contributed by atoms with van der Waals surface area (Å²) in [5.74, 6) is -0.420. The normalized spacial score (nSPS) is 12.2. The Morgan fingerprint density at radius 3 is 2.57 bits per heavy atom. The van der Waals surface area contributed by atoms with Gasteiger partial charge in [-0.3, -0.25) is 4.79 Å². The zero-order chi connectivity index (χ0) is 10.7. The molecule has 14 heavy (non-hydrogen) atoms. The van der Waals surface area contributed by atoms with Crippen LogP contribution in [-0.2, 0) is 4.79 Å². The summed E-state index contributed by atoms with van der Waals surface area (Å²) in [5.41, 5.74) is 5.80. The molecular formula is C9H10Cl2N2O. The van der Waals surface area contributed by atoms with Crippen molar-refractivity contribution in [3.63, 3.8) is 0 Å². The first-order valence-corrected chi connectivity index (χ1v) is 4.77. The van der Waals surface area contributed by atoms with E-state index in [-0.39, 0.29) is 0 Å². The number of carbonyl (C=O) groups is 1. The van der Waals surface area contributed by atoms with Gasteiger partial charge in [0.2, 0.25) is 5.91 Å². The van der Waals surface area contributed by atoms with E-state index in [1.54, 1.807) is 25.1 Å². The summed E-state index contributed by atoms with van der Waals surface area (Å²) >= 11 is 11.5. The van der Waals surface area contributed by atoms with Crippen molar-refractivity contribution in [1.29, 1.82) is 0 Å². The highest BCUT2D eigenvalue weighted by molar-refractivity contribution is 6.42. The zero-order valence-corrected chi connectivity index (χ0v) is 9.06. The van der Waals surface area contributed by atoms with E-state index in [1.807, 2.05) is 0 Å². The lowest BCUT2D eigenvalue weighted by Crippen LogP contribution is -2.32. The highest BCUT2D eigenvalue weighted by Gasteiger charge is 2.08. The second kappa shape index (κ2) is 4.53. The molecule has 0 spiro atoms. The van der Waals surface area contributed by atoms with E-state index in [0.717, 1.165) is 0 Å². The Bertz CT molecular complexity index is 355. The predicted octanol–water partition coefficient (Wildman–Crippen LogP) is 2.28. The maximum absolute atomic E-state index is 10.8. The van der Waals surface area contributed by atoms with Gasteiger partial charge in [-0.15, -0.1) is 0 Å². The summed E-state index contributed by atoms with van der Waals surface area (Å²) in [7, 11) is 0. The summed E-state index contributed by atoms with van der Waals surface area (Å²) in [6.07, 6.45) is 0. The molecule has 0 aliphatic rings. The monoisotopic (exact) mass is 232 g/mol. The number of anilines is 1. The molecule has 1 aromatic rings. The van der Waals surface area contributed by atoms with E-state index in [0.29, 0.717) is 15.7 Å². The smallest absolute Gasteiger partial charge is 0.239 e. The lowest BCUT2D eigenvalue weighted by Gasteiger charge is -2.11. The molecule has 3 N–H and O–H groups in total. The van der Waals surface area contributed by atoms with Crippen LogP contribution in [0.15, 0.2) is 18.2 Å². The molecule has 0 heterocycles. The van der Waals surface area contributed by atoms with Gasteiger partial charge in [0.1, 0.15) is 6.04 Å². The molecule has 1 amide bonds. The van der Waals surface area contributed by atoms with Crippen molar-refractivity contribution in [2.24, 2.45) is 5.73 Å². The fourth-order valence-corrected chi connectivity index (χ4v) is 1.21. The number of nitrogens with two attached hydrogens (primary N) is 1. The van der Waals surface area contributed by atoms with Gasteiger partial charge in [-0.1, -0.05) is 23.2 Å². The second-order valence-corrected chi connectivity index (χ2v) is 3.71. The number of primary amides is 1. The van der Waals surface area contributed by atoms with Gasteiger partial charge in [0.05, 0.1) is 10.0 Å². The van der Waals surface area contributed by atoms with Gasteiger partial charge in [-0.2, -0.15) is 0 Å². The average Bonchev–Trinajstić information content (AvgIpc) is 2.11. The van der Waals surface area contributed by atoms with E-state index in [2.05, 4.69) is 5.32 Å². The van der Waals surface area contributed by atoms with Crippen molar-refractivity contribution < 1.29 is 4.79 Å². The Labute approximate surface area is 92.2 Å². The van der Waals surface area contributed by atoms with Crippen molar-refractivity contribution in [1.82, 2.24) is 0 Å². The molecule has 0 saturated carbocycles. The second-order valence-electron chi connectivity index (χ2n) is 2.90. The quantitative estimate of drug-likeness (QED) is 0.841. The number of nitrogens with one attached hydrogen (secondary N) is 1. The van der Waals surface area contributed by atoms with E-state index < -0.39 is 11.9 Å². The first-order valence-electron chi connectivity index (χ1n) is 4.01. The van der Waals surface area contributed by atoms with Crippen LogP contribution in [0.2, 0.25) is 10.0 Å². The topological polar surface area (TPSA) is 55.1 Å². The number of halogens is 2. The minimum atomic E-state index is -0.438. The first kappa shape index (κ1) is 11.1. The Balaban J connectivity index is 2.78. The van der Waals surface area contributed by atoms with Crippen LogP contribution in [0.1, 0.15) is 6.92 Å². The zero-order valence-electron chi connectivity index (χ0n) is 7.55. The number of amides is 1. The fourth-order valence-electron chi connectivity index (χ4n) is 0.907. The molecule has 0 fully saturated rings. The van der Waals surface area contributed by atoms with Crippen LogP contribution >= 0.6 is 23.2 Å². The van der Waals surface area contributed by atoms with E-state index in [4.69, 9.17) is 28.9 Å². The highest BCUT2D eigenvalue weighted by Crippen LogP contribution is 2.25. The van der Waals surface area contributed by atoms with Crippen LogP contribution in [0, 0.1) is 0 Å². The third kappa shape index (κ3) is 2.79. The summed E-state index contributed by atoms with van der Waals surface area (Å²) in [5, 5.41) is 3.81. The maximum atomic E-state index is 10.8. The van der Waals surface area contributed by atoms with Gasteiger partial charge in [-0.25, -0.2) is 0 Å². The molecule has 0 aliphatic carbocycles. The molecule has 0 saturated heterocycles. The van der Waals surface area contributed by atoms with Crippen LogP contribution in [0.4, 0.5) is 5.69 Å². The number of hydrogen-bond donors (Lipinski definition) is 2. The average molecular weight is 233 g/mol. The number of benzene rings is 1. The first-order chi connectivity index (χ1) is 6.50. The molecule has 1 aromatic carbocycles. The minimum absolute atomic E-state index is 0.420. The summed E-state index contributed by atoms with van der Waals surface area (Å²) < 4.78 is 0. The molecule has 1 atom stereocenters. The third-order valence-electron chi connectivity index (χ3n) is 1.73. The highest BCUT2D eigenvalue weighted by atomic mass is 35.5. The van der Waals surface area contributed by atoms with Gasteiger partial charge < -0.3 is 11.1 Å². The summed E-state index contributed by atoms with van der Waals surface area (Å²) in [4.78, 5) is 10.8. The minimum Gasteiger partial charge on any atom is -0.374 e. The third-order valence-corrected chi connectivity index (χ3v) is 2.47. The molecule has 1 rings (SSSR count). The lowest BCUT2D eigenvalue weighted by atomic mass is 10.2. The Morgan fingerprint density at radius 2 is 2.07 bits per heavy atom. The molecule has 0 radical (unpaired) electrons. The van der Waals surface area contributed by atoms with Gasteiger partial charge in [0.15, 0.2) is 0 Å². The Kier molecular flexibility index (Phi) is 3.61. The summed E-state index contributed by atoms with van der Waals surface area (Å²) in [6, 6.07) is 4.59. The standard InChI is InChI=1S/C9H10Cl2N2O/c1-5(9(12)14)13-6-2-3-7(10)8(11)4-6/h2-5,13H,1H3,(H2,12,14). The number of carbonyl (C=O) groups excluding carboxylic acids is 1. The van der Waals surface area contributed by atoms with Crippen molar-refractivity contribution in [3.05, 3.63) is 28.2 Å².